The van der Waals surface area contributed by atoms with Gasteiger partial charge < -0.3 is 10.1 Å². The Hall–Kier alpha value is -1.08. The van der Waals surface area contributed by atoms with E-state index in [2.05, 4.69) is 20.5 Å². The average molecular weight is 268 g/mol. The molecule has 3 rings (SSSR count). The topological polar surface area (TPSA) is 79.9 Å². The monoisotopic (exact) mass is 268 g/mol. The highest BCUT2D eigenvalue weighted by Gasteiger charge is 2.45. The SMILES string of the molecule is Cc1nc(SCC(=O)N[C@@H]2C[C@H]3OCC[C@@H]23)n[nH]1. The summed E-state index contributed by atoms with van der Waals surface area (Å²) in [6, 6.07) is 0.305. The predicted octanol–water partition coefficient (Wildman–Crippen LogP) is 0.499. The first kappa shape index (κ1) is 12.0. The van der Waals surface area contributed by atoms with E-state index in [4.69, 9.17) is 4.74 Å². The Kier molecular flexibility index (Phi) is 3.25. The lowest BCUT2D eigenvalue weighted by atomic mass is 9.76. The van der Waals surface area contributed by atoms with Crippen LogP contribution in [0.2, 0.25) is 0 Å². The van der Waals surface area contributed by atoms with Crippen molar-refractivity contribution in [3.05, 3.63) is 5.82 Å². The van der Waals surface area contributed by atoms with Gasteiger partial charge >= 0.3 is 0 Å². The van der Waals surface area contributed by atoms with Crippen LogP contribution >= 0.6 is 11.8 Å². The summed E-state index contributed by atoms with van der Waals surface area (Å²) in [5.41, 5.74) is 0. The van der Waals surface area contributed by atoms with E-state index in [9.17, 15) is 4.79 Å². The van der Waals surface area contributed by atoms with Gasteiger partial charge in [0.15, 0.2) is 0 Å². The van der Waals surface area contributed by atoms with Crippen LogP contribution < -0.4 is 5.32 Å². The number of fused-ring (bicyclic) bond motifs is 1. The lowest BCUT2D eigenvalue weighted by Crippen LogP contribution is -2.53. The number of nitrogens with one attached hydrogen (secondary N) is 2. The molecule has 0 radical (unpaired) electrons. The van der Waals surface area contributed by atoms with Crippen LogP contribution in [0.15, 0.2) is 5.16 Å². The highest BCUT2D eigenvalue weighted by atomic mass is 32.2. The molecule has 0 bridgehead atoms. The fourth-order valence-electron chi connectivity index (χ4n) is 2.53. The number of carbonyl (C=O) groups excluding carboxylic acids is 1. The van der Waals surface area contributed by atoms with Gasteiger partial charge in [0, 0.05) is 18.6 Å². The summed E-state index contributed by atoms with van der Waals surface area (Å²) in [7, 11) is 0. The highest BCUT2D eigenvalue weighted by molar-refractivity contribution is 7.99. The molecule has 1 aliphatic carbocycles. The summed E-state index contributed by atoms with van der Waals surface area (Å²) in [6.07, 6.45) is 2.42. The van der Waals surface area contributed by atoms with Crippen molar-refractivity contribution in [2.45, 2.75) is 37.1 Å². The Morgan fingerprint density at radius 2 is 2.56 bits per heavy atom. The number of aromatic amines is 1. The molecule has 0 spiro atoms. The third kappa shape index (κ3) is 2.37. The van der Waals surface area contributed by atoms with Gasteiger partial charge in [0.2, 0.25) is 11.1 Å². The van der Waals surface area contributed by atoms with Crippen LogP contribution in [0.1, 0.15) is 18.7 Å². The van der Waals surface area contributed by atoms with Crippen molar-refractivity contribution < 1.29 is 9.53 Å². The molecular formula is C11H16N4O2S. The maximum atomic E-state index is 11.8. The van der Waals surface area contributed by atoms with Crippen molar-refractivity contribution in [1.29, 1.82) is 0 Å². The number of carbonyl (C=O) groups is 1. The van der Waals surface area contributed by atoms with Crippen LogP contribution in [-0.4, -0.2) is 45.6 Å². The molecule has 2 heterocycles. The zero-order valence-electron chi connectivity index (χ0n) is 10.2. The van der Waals surface area contributed by atoms with E-state index in [0.717, 1.165) is 25.3 Å². The first-order valence-corrected chi connectivity index (χ1v) is 7.13. The summed E-state index contributed by atoms with van der Waals surface area (Å²) >= 11 is 1.35. The number of amides is 1. The Morgan fingerprint density at radius 1 is 1.67 bits per heavy atom. The van der Waals surface area contributed by atoms with Crippen molar-refractivity contribution in [3.8, 4) is 0 Å². The van der Waals surface area contributed by atoms with Crippen molar-refractivity contribution in [1.82, 2.24) is 20.5 Å². The minimum Gasteiger partial charge on any atom is -0.378 e. The zero-order valence-corrected chi connectivity index (χ0v) is 11.0. The molecule has 18 heavy (non-hydrogen) atoms. The largest absolute Gasteiger partial charge is 0.378 e. The van der Waals surface area contributed by atoms with Gasteiger partial charge in [-0.05, 0) is 19.8 Å². The maximum absolute atomic E-state index is 11.8. The molecule has 2 N–H and O–H groups in total. The second-order valence-corrected chi connectivity index (χ2v) is 5.71. The number of nitrogens with zero attached hydrogens (tertiary/aromatic N) is 2. The van der Waals surface area contributed by atoms with Crippen molar-refractivity contribution in [2.24, 2.45) is 5.92 Å². The van der Waals surface area contributed by atoms with E-state index in [1.165, 1.54) is 11.8 Å². The molecule has 6 nitrogen and oxygen atoms in total. The quantitative estimate of drug-likeness (QED) is 0.777. The first-order chi connectivity index (χ1) is 8.72. The van der Waals surface area contributed by atoms with Gasteiger partial charge in [-0.1, -0.05) is 11.8 Å². The number of H-pyrrole nitrogens is 1. The lowest BCUT2D eigenvalue weighted by Gasteiger charge is -2.39. The molecule has 1 aromatic heterocycles. The van der Waals surface area contributed by atoms with E-state index < -0.39 is 0 Å². The molecule has 0 aromatic carbocycles. The van der Waals surface area contributed by atoms with Gasteiger partial charge in [0.05, 0.1) is 11.9 Å². The minimum absolute atomic E-state index is 0.0535. The Bertz CT molecular complexity index is 450. The van der Waals surface area contributed by atoms with E-state index in [-0.39, 0.29) is 5.91 Å². The molecule has 3 atom stereocenters. The van der Waals surface area contributed by atoms with Crippen molar-refractivity contribution in [3.63, 3.8) is 0 Å². The molecule has 1 amide bonds. The normalized spacial score (nSPS) is 29.7. The molecule has 98 valence electrons. The van der Waals surface area contributed by atoms with Crippen molar-refractivity contribution in [2.75, 3.05) is 12.4 Å². The number of aromatic nitrogens is 3. The van der Waals surface area contributed by atoms with E-state index in [1.54, 1.807) is 0 Å². The van der Waals surface area contributed by atoms with Gasteiger partial charge in [-0.3, -0.25) is 9.89 Å². The number of hydrogen-bond acceptors (Lipinski definition) is 5. The van der Waals surface area contributed by atoms with Gasteiger partial charge in [0.25, 0.3) is 0 Å². The Labute approximate surface area is 109 Å². The lowest BCUT2D eigenvalue weighted by molar-refractivity contribution is -0.121. The third-order valence-electron chi connectivity index (χ3n) is 3.52. The molecular weight excluding hydrogens is 252 g/mol. The summed E-state index contributed by atoms with van der Waals surface area (Å²) in [5, 5.41) is 10.4. The molecule has 2 aliphatic rings. The molecule has 2 fully saturated rings. The third-order valence-corrected chi connectivity index (χ3v) is 4.37. The molecule has 1 saturated carbocycles. The fourth-order valence-corrected chi connectivity index (χ4v) is 3.18. The smallest absolute Gasteiger partial charge is 0.230 e. The van der Waals surface area contributed by atoms with Crippen LogP contribution in [-0.2, 0) is 9.53 Å². The fraction of sp³-hybridized carbons (Fsp3) is 0.727. The number of ether oxygens (including phenoxy) is 1. The molecule has 1 aliphatic heterocycles. The van der Waals surface area contributed by atoms with Gasteiger partial charge in [0.1, 0.15) is 5.82 Å². The Balaban J connectivity index is 1.42. The maximum Gasteiger partial charge on any atom is 0.230 e. The van der Waals surface area contributed by atoms with E-state index in [0.29, 0.717) is 29.0 Å². The molecule has 7 heteroatoms. The van der Waals surface area contributed by atoms with Gasteiger partial charge in [-0.15, -0.1) is 5.10 Å². The highest BCUT2D eigenvalue weighted by Crippen LogP contribution is 2.38. The van der Waals surface area contributed by atoms with Crippen LogP contribution in [0.3, 0.4) is 0 Å². The van der Waals surface area contributed by atoms with Crippen LogP contribution in [0, 0.1) is 12.8 Å². The number of hydrogen-bond donors (Lipinski definition) is 2. The standard InChI is InChI=1S/C11H16N4O2S/c1-6-12-11(15-14-6)18-5-10(16)13-8-4-9-7(8)2-3-17-9/h7-9H,2-5H2,1H3,(H,13,16)(H,12,14,15)/t7-,8+,9+/m0/s1. The second-order valence-electron chi connectivity index (χ2n) is 4.76. The zero-order chi connectivity index (χ0) is 12.5. The second kappa shape index (κ2) is 4.89. The molecule has 0 unspecified atom stereocenters. The average Bonchev–Trinajstić information content (AvgIpc) is 2.90. The van der Waals surface area contributed by atoms with Crippen LogP contribution in [0.25, 0.3) is 0 Å². The number of rotatable bonds is 4. The van der Waals surface area contributed by atoms with Crippen molar-refractivity contribution >= 4 is 17.7 Å². The first-order valence-electron chi connectivity index (χ1n) is 6.15. The van der Waals surface area contributed by atoms with Gasteiger partial charge in [-0.25, -0.2) is 4.98 Å². The molecule has 1 saturated heterocycles. The van der Waals surface area contributed by atoms with Crippen LogP contribution in [0.4, 0.5) is 0 Å². The van der Waals surface area contributed by atoms with Crippen LogP contribution in [0.5, 0.6) is 0 Å². The summed E-state index contributed by atoms with van der Waals surface area (Å²) in [6.45, 7) is 2.68. The number of aryl methyl sites for hydroxylation is 1. The van der Waals surface area contributed by atoms with E-state index >= 15 is 0 Å². The predicted molar refractivity (Wildman–Crippen MR) is 66.2 cm³/mol. The summed E-state index contributed by atoms with van der Waals surface area (Å²) < 4.78 is 5.52. The van der Waals surface area contributed by atoms with Gasteiger partial charge in [-0.2, -0.15) is 0 Å². The Morgan fingerprint density at radius 3 is 3.28 bits per heavy atom. The minimum atomic E-state index is 0.0535. The summed E-state index contributed by atoms with van der Waals surface area (Å²) in [4.78, 5) is 15.9. The summed E-state index contributed by atoms with van der Waals surface area (Å²) in [5.74, 6) is 1.72. The van der Waals surface area contributed by atoms with E-state index in [1.807, 2.05) is 6.92 Å². The number of thioether (sulfide) groups is 1. The molecule has 1 aromatic rings.